The van der Waals surface area contributed by atoms with Crippen LogP contribution in [-0.2, 0) is 25.2 Å². The molecular weight excluding hydrogens is 651 g/mol. The normalized spacial score (nSPS) is 23.5. The topological polar surface area (TPSA) is 116 Å². The maximum Gasteiger partial charge on any atom is 0.296 e. The molecule has 3 aliphatic rings. The van der Waals surface area contributed by atoms with E-state index in [4.69, 9.17) is 9.47 Å². The third-order valence-corrected chi connectivity index (χ3v) is 10.6. The van der Waals surface area contributed by atoms with Crippen LogP contribution in [0.5, 0.6) is 11.5 Å². The molecule has 0 radical (unpaired) electrons. The Morgan fingerprint density at radius 1 is 0.647 bits per heavy atom. The third kappa shape index (κ3) is 4.16. The van der Waals surface area contributed by atoms with Crippen LogP contribution in [0, 0.1) is 27.8 Å². The Hall–Kier alpha value is -6.42. The number of anilines is 1. The zero-order valence-corrected chi connectivity index (χ0v) is 27.4. The number of carbonyl (C=O) groups is 3. The summed E-state index contributed by atoms with van der Waals surface area (Å²) in [6, 6.07) is 34.9. The Balaban J connectivity index is 1.54. The van der Waals surface area contributed by atoms with Crippen LogP contribution in [0.15, 0.2) is 127 Å². The smallest absolute Gasteiger partial charge is 0.296 e. The number of hydrogen-bond donors (Lipinski definition) is 0. The Labute approximate surface area is 291 Å². The number of halogens is 1. The minimum Gasteiger partial charge on any atom is -0.497 e. The Bertz CT molecular complexity index is 2160. The summed E-state index contributed by atoms with van der Waals surface area (Å²) in [4.78, 5) is 58.5. The van der Waals surface area contributed by atoms with Crippen molar-refractivity contribution >= 4 is 40.1 Å². The van der Waals surface area contributed by atoms with E-state index in [9.17, 15) is 14.5 Å². The van der Waals surface area contributed by atoms with E-state index in [2.05, 4.69) is 0 Å². The van der Waals surface area contributed by atoms with Gasteiger partial charge in [-0.3, -0.25) is 24.5 Å². The van der Waals surface area contributed by atoms with E-state index in [0.717, 1.165) is 17.0 Å². The van der Waals surface area contributed by atoms with Crippen molar-refractivity contribution in [1.29, 1.82) is 0 Å². The molecular formula is C41H29FN2O7. The molecule has 1 heterocycles. The molecule has 0 N–H and O–H groups in total. The summed E-state index contributed by atoms with van der Waals surface area (Å²) in [5.74, 6) is -4.30. The Morgan fingerprint density at radius 3 is 1.47 bits per heavy atom. The van der Waals surface area contributed by atoms with Gasteiger partial charge in [-0.25, -0.2) is 9.29 Å². The van der Waals surface area contributed by atoms with E-state index in [1.165, 1.54) is 0 Å². The predicted octanol–water partition coefficient (Wildman–Crippen LogP) is 6.94. The molecule has 10 heteroatoms. The molecule has 8 rings (SSSR count). The first-order chi connectivity index (χ1) is 24.7. The first kappa shape index (κ1) is 31.8. The van der Waals surface area contributed by atoms with E-state index < -0.39 is 50.9 Å². The molecule has 4 atom stereocenters. The second-order valence-electron chi connectivity index (χ2n) is 12.7. The summed E-state index contributed by atoms with van der Waals surface area (Å²) in [5.41, 5.74) is -1.26. The molecule has 0 unspecified atom stereocenters. The van der Waals surface area contributed by atoms with Crippen LogP contribution in [0.3, 0.4) is 0 Å². The average Bonchev–Trinajstić information content (AvgIpc) is 3.67. The Morgan fingerprint density at radius 2 is 1.08 bits per heavy atom. The van der Waals surface area contributed by atoms with Crippen molar-refractivity contribution in [2.75, 3.05) is 19.1 Å². The number of Topliss-reactive ketones (excluding diaryl/α,β-unsaturated/α-hetero) is 1. The highest BCUT2D eigenvalue weighted by atomic mass is 19.1. The van der Waals surface area contributed by atoms with Crippen molar-refractivity contribution in [3.05, 3.63) is 166 Å². The number of ether oxygens (including phenoxy) is 2. The van der Waals surface area contributed by atoms with Gasteiger partial charge in [-0.2, -0.15) is 0 Å². The van der Waals surface area contributed by atoms with Crippen LogP contribution < -0.4 is 14.4 Å². The molecule has 252 valence electrons. The van der Waals surface area contributed by atoms with Gasteiger partial charge in [0, 0.05) is 0 Å². The van der Waals surface area contributed by atoms with E-state index in [0.29, 0.717) is 51.0 Å². The SMILES string of the molecule is COc1ccc(C2=C(c3ccc(OC)cc3)[C@@]3(c4ccccc4)C(=O)[C@@]2(c2ccccc2)[C@@H]2C(=O)N(c4ccc(F)cc4[N+](=O)[O-])C(=O)[C@@H]23)cc1. The fourth-order valence-corrected chi connectivity index (χ4v) is 8.71. The van der Waals surface area contributed by atoms with E-state index in [-0.39, 0.29) is 11.5 Å². The highest BCUT2D eigenvalue weighted by Gasteiger charge is 2.83. The zero-order chi connectivity index (χ0) is 35.7. The molecule has 2 bridgehead atoms. The predicted molar refractivity (Wildman–Crippen MR) is 187 cm³/mol. The van der Waals surface area contributed by atoms with Crippen LogP contribution in [-0.4, -0.2) is 36.7 Å². The van der Waals surface area contributed by atoms with Crippen molar-refractivity contribution in [2.24, 2.45) is 11.8 Å². The molecule has 2 amide bonds. The largest absolute Gasteiger partial charge is 0.497 e. The summed E-state index contributed by atoms with van der Waals surface area (Å²) < 4.78 is 25.3. The summed E-state index contributed by atoms with van der Waals surface area (Å²) in [6.45, 7) is 0. The molecule has 1 aliphatic heterocycles. The van der Waals surface area contributed by atoms with Crippen LogP contribution >= 0.6 is 0 Å². The number of amides is 2. The molecule has 0 spiro atoms. The number of hydrogen-bond acceptors (Lipinski definition) is 7. The van der Waals surface area contributed by atoms with Crippen molar-refractivity contribution in [2.45, 2.75) is 10.8 Å². The van der Waals surface area contributed by atoms with Gasteiger partial charge in [0.1, 0.15) is 23.0 Å². The highest BCUT2D eigenvalue weighted by molar-refractivity contribution is 6.39. The summed E-state index contributed by atoms with van der Waals surface area (Å²) in [6.07, 6.45) is 0. The van der Waals surface area contributed by atoms with Crippen molar-refractivity contribution in [3.63, 3.8) is 0 Å². The standard InChI is InChI=1S/C41H29FN2O7/c1-50-29-18-13-24(14-19-29)33-34(25-15-20-30(51-2)21-16-25)41(27-11-7-4-8-12-27)36-35(40(33,39(41)47)26-9-5-3-6-10-26)37(45)43(38(36)46)31-22-17-28(42)23-32(31)44(48)49/h3-23,35-36H,1-2H3/t35-,36+,40-,41-/m1/s1. The first-order valence-corrected chi connectivity index (χ1v) is 16.2. The molecule has 2 aliphatic carbocycles. The van der Waals surface area contributed by atoms with Gasteiger partial charge in [-0.1, -0.05) is 84.9 Å². The van der Waals surface area contributed by atoms with E-state index in [1.54, 1.807) is 99.1 Å². The molecule has 9 nitrogen and oxygen atoms in total. The van der Waals surface area contributed by atoms with Crippen LogP contribution in [0.25, 0.3) is 11.1 Å². The van der Waals surface area contributed by atoms with Gasteiger partial charge in [0.15, 0.2) is 5.78 Å². The quantitative estimate of drug-likeness (QED) is 0.0991. The van der Waals surface area contributed by atoms with Gasteiger partial charge in [0.25, 0.3) is 5.69 Å². The van der Waals surface area contributed by atoms with Gasteiger partial charge < -0.3 is 9.47 Å². The van der Waals surface area contributed by atoms with Crippen LogP contribution in [0.4, 0.5) is 15.8 Å². The Kier molecular flexibility index (Phi) is 7.23. The fraction of sp³-hybridized carbons (Fsp3) is 0.146. The molecule has 5 aromatic rings. The van der Waals surface area contributed by atoms with Gasteiger partial charge in [0.2, 0.25) is 11.8 Å². The lowest BCUT2D eigenvalue weighted by Crippen LogP contribution is -2.45. The molecule has 1 saturated carbocycles. The number of nitrogens with zero attached hydrogens (tertiary/aromatic N) is 2. The van der Waals surface area contributed by atoms with Gasteiger partial charge in [0.05, 0.1) is 47.9 Å². The molecule has 5 aromatic carbocycles. The first-order valence-electron chi connectivity index (χ1n) is 16.2. The lowest BCUT2D eigenvalue weighted by atomic mass is 9.59. The molecule has 0 aromatic heterocycles. The number of ketones is 1. The zero-order valence-electron chi connectivity index (χ0n) is 27.4. The number of nitro benzene ring substituents is 1. The molecule has 2 fully saturated rings. The number of rotatable bonds is 8. The maximum absolute atomic E-state index is 16.0. The minimum absolute atomic E-state index is 0.353. The number of carbonyl (C=O) groups excluding carboxylic acids is 3. The summed E-state index contributed by atoms with van der Waals surface area (Å²) in [5, 5.41) is 12.2. The average molecular weight is 681 g/mol. The van der Waals surface area contributed by atoms with Crippen LogP contribution in [0.1, 0.15) is 22.3 Å². The van der Waals surface area contributed by atoms with Crippen molar-refractivity contribution < 1.29 is 33.2 Å². The van der Waals surface area contributed by atoms with Crippen molar-refractivity contribution in [3.8, 4) is 11.5 Å². The second kappa shape index (κ2) is 11.6. The molecule has 1 saturated heterocycles. The van der Waals surface area contributed by atoms with Gasteiger partial charge in [-0.15, -0.1) is 0 Å². The number of benzene rings is 5. The van der Waals surface area contributed by atoms with Crippen LogP contribution in [0.2, 0.25) is 0 Å². The number of fused-ring (bicyclic) bond motifs is 5. The fourth-order valence-electron chi connectivity index (χ4n) is 8.71. The highest BCUT2D eigenvalue weighted by Crippen LogP contribution is 2.74. The van der Waals surface area contributed by atoms with Gasteiger partial charge in [-0.05, 0) is 69.8 Å². The van der Waals surface area contributed by atoms with Gasteiger partial charge >= 0.3 is 0 Å². The second-order valence-corrected chi connectivity index (χ2v) is 12.7. The third-order valence-electron chi connectivity index (χ3n) is 10.6. The number of allylic oxidation sites excluding steroid dienone is 2. The monoisotopic (exact) mass is 680 g/mol. The summed E-state index contributed by atoms with van der Waals surface area (Å²) in [7, 11) is 3.09. The number of methoxy groups -OCH3 is 2. The van der Waals surface area contributed by atoms with E-state index >= 15 is 14.4 Å². The molecule has 51 heavy (non-hydrogen) atoms. The number of nitro groups is 1. The maximum atomic E-state index is 16.0. The van der Waals surface area contributed by atoms with Crippen molar-refractivity contribution in [1.82, 2.24) is 0 Å². The lowest BCUT2D eigenvalue weighted by molar-refractivity contribution is -0.384. The lowest BCUT2D eigenvalue weighted by Gasteiger charge is -2.39. The minimum atomic E-state index is -1.73. The number of imide groups is 1. The summed E-state index contributed by atoms with van der Waals surface area (Å²) >= 11 is 0. The van der Waals surface area contributed by atoms with E-state index in [1.807, 2.05) is 24.3 Å².